The fourth-order valence-corrected chi connectivity index (χ4v) is 2.80. The number of halogens is 2. The highest BCUT2D eigenvalue weighted by Crippen LogP contribution is 2.26. The van der Waals surface area contributed by atoms with Crippen LogP contribution in [0.15, 0.2) is 61.3 Å². The number of rotatable bonds is 6. The molecule has 2 aromatic carbocycles. The zero-order valence-electron chi connectivity index (χ0n) is 14.8. The van der Waals surface area contributed by atoms with Crippen LogP contribution in [0, 0.1) is 12.7 Å². The molecule has 0 aliphatic rings. The van der Waals surface area contributed by atoms with E-state index in [1.165, 1.54) is 12.1 Å². The molecule has 2 N–H and O–H groups in total. The van der Waals surface area contributed by atoms with Gasteiger partial charge in [0.1, 0.15) is 24.0 Å². The molecule has 27 heavy (non-hydrogen) atoms. The van der Waals surface area contributed by atoms with Crippen molar-refractivity contribution in [2.45, 2.75) is 13.5 Å². The Morgan fingerprint density at radius 2 is 2.04 bits per heavy atom. The molecule has 0 amide bonds. The number of nitrogen functional groups attached to an aromatic ring is 1. The van der Waals surface area contributed by atoms with E-state index in [4.69, 9.17) is 22.1 Å². The predicted octanol–water partition coefficient (Wildman–Crippen LogP) is 5.33. The molecule has 0 aliphatic carbocycles. The quantitative estimate of drug-likeness (QED) is 0.462. The molecule has 4 nitrogen and oxygen atoms in total. The Labute approximate surface area is 162 Å². The van der Waals surface area contributed by atoms with Crippen molar-refractivity contribution in [1.29, 1.82) is 0 Å². The monoisotopic (exact) mass is 383 g/mol. The van der Waals surface area contributed by atoms with Gasteiger partial charge in [-0.25, -0.2) is 9.37 Å². The van der Waals surface area contributed by atoms with Gasteiger partial charge in [0.2, 0.25) is 0 Å². The maximum absolute atomic E-state index is 12.9. The first-order valence-corrected chi connectivity index (χ1v) is 8.66. The summed E-state index contributed by atoms with van der Waals surface area (Å²) in [6.45, 7) is 6.04. The van der Waals surface area contributed by atoms with E-state index in [9.17, 15) is 4.39 Å². The van der Waals surface area contributed by atoms with Crippen LogP contribution in [0.5, 0.6) is 5.75 Å². The van der Waals surface area contributed by atoms with Crippen LogP contribution in [-0.4, -0.2) is 9.55 Å². The maximum atomic E-state index is 12.9. The predicted molar refractivity (Wildman–Crippen MR) is 108 cm³/mol. The Bertz CT molecular complexity index is 993. The zero-order valence-corrected chi connectivity index (χ0v) is 15.6. The Kier molecular flexibility index (Phi) is 5.62. The largest absolute Gasteiger partial charge is 0.487 e. The summed E-state index contributed by atoms with van der Waals surface area (Å²) in [5.74, 6) is 1.07. The number of nitrogens with zero attached hydrogens (tertiary/aromatic N) is 2. The van der Waals surface area contributed by atoms with Crippen molar-refractivity contribution in [2.75, 3.05) is 5.73 Å². The number of ether oxygens (including phenoxy) is 1. The molecule has 0 atom stereocenters. The minimum Gasteiger partial charge on any atom is -0.487 e. The minimum absolute atomic E-state index is 0.278. The Balaban J connectivity index is 1.81. The van der Waals surface area contributed by atoms with Gasteiger partial charge in [0.25, 0.3) is 0 Å². The summed E-state index contributed by atoms with van der Waals surface area (Å²) >= 11 is 5.97. The number of nitrogens with two attached hydrogens (primary N) is 1. The number of allylic oxidation sites excluding steroid dienone is 2. The van der Waals surface area contributed by atoms with Crippen molar-refractivity contribution < 1.29 is 9.13 Å². The number of hydrogen-bond acceptors (Lipinski definition) is 3. The van der Waals surface area contributed by atoms with Gasteiger partial charge in [-0.3, -0.25) is 0 Å². The molecule has 1 heterocycles. The van der Waals surface area contributed by atoms with E-state index in [0.717, 1.165) is 22.7 Å². The lowest BCUT2D eigenvalue weighted by Crippen LogP contribution is -1.96. The highest BCUT2D eigenvalue weighted by atomic mass is 35.5. The molecule has 0 radical (unpaired) electrons. The topological polar surface area (TPSA) is 53.1 Å². The van der Waals surface area contributed by atoms with Crippen LogP contribution < -0.4 is 10.5 Å². The molecule has 1 aromatic heterocycles. The van der Waals surface area contributed by atoms with Crippen molar-refractivity contribution >= 4 is 29.1 Å². The smallest absolute Gasteiger partial charge is 0.132 e. The van der Waals surface area contributed by atoms with Gasteiger partial charge in [0.05, 0.1) is 5.69 Å². The van der Waals surface area contributed by atoms with E-state index in [2.05, 4.69) is 11.6 Å². The van der Waals surface area contributed by atoms with Gasteiger partial charge in [-0.05, 0) is 48.9 Å². The lowest BCUT2D eigenvalue weighted by molar-refractivity contribution is 0.301. The van der Waals surface area contributed by atoms with Crippen molar-refractivity contribution in [3.05, 3.63) is 89.2 Å². The molecule has 3 aromatic rings. The summed E-state index contributed by atoms with van der Waals surface area (Å²) in [5.41, 5.74) is 9.08. The fraction of sp³-hybridized carbons (Fsp3) is 0.0952. The number of aromatic nitrogens is 2. The van der Waals surface area contributed by atoms with E-state index in [-0.39, 0.29) is 12.4 Å². The van der Waals surface area contributed by atoms with E-state index >= 15 is 0 Å². The molecule has 0 aliphatic heterocycles. The van der Waals surface area contributed by atoms with Crippen molar-refractivity contribution in [3.63, 3.8) is 0 Å². The number of anilines is 1. The third-order valence-corrected chi connectivity index (χ3v) is 4.23. The summed E-state index contributed by atoms with van der Waals surface area (Å²) in [6, 6.07) is 11.2. The van der Waals surface area contributed by atoms with Crippen LogP contribution >= 0.6 is 11.6 Å². The van der Waals surface area contributed by atoms with Gasteiger partial charge in [-0.1, -0.05) is 30.3 Å². The fourth-order valence-electron chi connectivity index (χ4n) is 2.62. The second-order valence-corrected chi connectivity index (χ2v) is 6.39. The SMILES string of the molecule is C=C/C(=C\n1cc(COc2ccc(F)cc2)nc1C)c1ccc(Cl)cc1N. The van der Waals surface area contributed by atoms with Crippen LogP contribution in [-0.2, 0) is 6.61 Å². The molecule has 0 saturated heterocycles. The Hall–Kier alpha value is -3.05. The van der Waals surface area contributed by atoms with Gasteiger partial charge in [-0.15, -0.1) is 0 Å². The zero-order chi connectivity index (χ0) is 19.4. The third-order valence-electron chi connectivity index (χ3n) is 3.99. The number of benzene rings is 2. The molecular formula is C21H19ClFN3O. The first-order valence-electron chi connectivity index (χ1n) is 8.28. The Morgan fingerprint density at radius 3 is 2.70 bits per heavy atom. The molecule has 0 fully saturated rings. The van der Waals surface area contributed by atoms with Gasteiger partial charge in [-0.2, -0.15) is 0 Å². The van der Waals surface area contributed by atoms with Crippen LogP contribution in [0.25, 0.3) is 11.8 Å². The van der Waals surface area contributed by atoms with Crippen LogP contribution in [0.2, 0.25) is 5.02 Å². The number of imidazole rings is 1. The second-order valence-electron chi connectivity index (χ2n) is 5.95. The van der Waals surface area contributed by atoms with Gasteiger partial charge < -0.3 is 15.0 Å². The normalized spacial score (nSPS) is 11.4. The molecule has 0 saturated carbocycles. The van der Waals surface area contributed by atoms with Crippen molar-refractivity contribution in [1.82, 2.24) is 9.55 Å². The van der Waals surface area contributed by atoms with E-state index in [1.807, 2.05) is 30.0 Å². The summed E-state index contributed by atoms with van der Waals surface area (Å²) < 4.78 is 20.5. The van der Waals surface area contributed by atoms with Crippen LogP contribution in [0.4, 0.5) is 10.1 Å². The van der Waals surface area contributed by atoms with Gasteiger partial charge in [0.15, 0.2) is 0 Å². The highest BCUT2D eigenvalue weighted by molar-refractivity contribution is 6.31. The lowest BCUT2D eigenvalue weighted by Gasteiger charge is -2.08. The highest BCUT2D eigenvalue weighted by Gasteiger charge is 2.08. The summed E-state index contributed by atoms with van der Waals surface area (Å²) in [7, 11) is 0. The first-order chi connectivity index (χ1) is 13.0. The van der Waals surface area contributed by atoms with E-state index < -0.39 is 0 Å². The molecule has 0 bridgehead atoms. The summed E-state index contributed by atoms with van der Waals surface area (Å²) in [5, 5.41) is 0.582. The number of aryl methyl sites for hydroxylation is 1. The molecule has 3 rings (SSSR count). The maximum Gasteiger partial charge on any atom is 0.132 e. The van der Waals surface area contributed by atoms with E-state index in [0.29, 0.717) is 16.5 Å². The first kappa shape index (κ1) is 18.7. The molecule has 6 heteroatoms. The summed E-state index contributed by atoms with van der Waals surface area (Å²) in [6.07, 6.45) is 5.50. The minimum atomic E-state index is -0.300. The van der Waals surface area contributed by atoms with Crippen LogP contribution in [0.1, 0.15) is 17.1 Å². The molecular weight excluding hydrogens is 365 g/mol. The van der Waals surface area contributed by atoms with Gasteiger partial charge >= 0.3 is 0 Å². The van der Waals surface area contributed by atoms with Crippen molar-refractivity contribution in [3.8, 4) is 5.75 Å². The average Bonchev–Trinajstić information content (AvgIpc) is 2.99. The molecule has 0 spiro atoms. The third kappa shape index (κ3) is 4.57. The van der Waals surface area contributed by atoms with Gasteiger partial charge in [0, 0.05) is 28.7 Å². The van der Waals surface area contributed by atoms with Crippen LogP contribution in [0.3, 0.4) is 0 Å². The lowest BCUT2D eigenvalue weighted by atomic mass is 10.1. The standard InChI is InChI=1S/C21H19ClFN3O/c1-3-15(20-9-4-16(22)10-21(20)24)11-26-12-18(25-14(26)2)13-27-19-7-5-17(23)6-8-19/h3-12H,1,13,24H2,2H3/b15-11+. The molecule has 0 unspecified atom stereocenters. The van der Waals surface area contributed by atoms with Crippen molar-refractivity contribution in [2.24, 2.45) is 0 Å². The average molecular weight is 384 g/mol. The Morgan fingerprint density at radius 1 is 1.30 bits per heavy atom. The second kappa shape index (κ2) is 8.10. The molecule has 138 valence electrons. The van der Waals surface area contributed by atoms with E-state index in [1.54, 1.807) is 30.3 Å². The number of hydrogen-bond donors (Lipinski definition) is 1. The summed E-state index contributed by atoms with van der Waals surface area (Å²) in [4.78, 5) is 4.49.